The molecule has 0 amide bonds. The van der Waals surface area contributed by atoms with Gasteiger partial charge >= 0.3 is 11.9 Å². The van der Waals surface area contributed by atoms with Crippen molar-refractivity contribution in [2.45, 2.75) is 76.2 Å². The number of hydrogen-bond acceptors (Lipinski definition) is 4. The number of halogens is 2. The molecule has 0 aromatic rings. The zero-order valence-corrected chi connectivity index (χ0v) is 16.7. The molecule has 0 unspecified atom stereocenters. The molecule has 0 aliphatic heterocycles. The van der Waals surface area contributed by atoms with Crippen LogP contribution in [0.5, 0.6) is 0 Å². The fourth-order valence-corrected chi connectivity index (χ4v) is 0.953. The van der Waals surface area contributed by atoms with E-state index in [1.54, 1.807) is 13.8 Å². The van der Waals surface area contributed by atoms with Gasteiger partial charge in [0.05, 0.1) is 0 Å². The lowest BCUT2D eigenvalue weighted by molar-refractivity contribution is -0.154. The molecule has 0 spiro atoms. The van der Waals surface area contributed by atoms with E-state index in [2.05, 4.69) is 31.9 Å². The van der Waals surface area contributed by atoms with Crippen molar-refractivity contribution in [3.8, 4) is 0 Å². The van der Waals surface area contributed by atoms with Gasteiger partial charge in [0.15, 0.2) is 0 Å². The van der Waals surface area contributed by atoms with Crippen molar-refractivity contribution in [2.24, 2.45) is 0 Å². The minimum atomic E-state index is -0.376. The van der Waals surface area contributed by atoms with Gasteiger partial charge in [-0.25, -0.2) is 0 Å². The van der Waals surface area contributed by atoms with Crippen molar-refractivity contribution in [1.29, 1.82) is 0 Å². The average molecular weight is 418 g/mol. The predicted molar refractivity (Wildman–Crippen MR) is 88.5 cm³/mol. The third-order valence-electron chi connectivity index (χ3n) is 1.46. The van der Waals surface area contributed by atoms with Gasteiger partial charge in [0.25, 0.3) is 0 Å². The Hall–Kier alpha value is -0.100. The zero-order valence-electron chi connectivity index (χ0n) is 13.5. The van der Waals surface area contributed by atoms with Crippen LogP contribution >= 0.6 is 31.9 Å². The Balaban J connectivity index is 0. The Bertz CT molecular complexity index is 280. The summed E-state index contributed by atoms with van der Waals surface area (Å²) in [5, 5.41) is 0. The Kier molecular flexibility index (Phi) is 10.0. The summed E-state index contributed by atoms with van der Waals surface area (Å²) in [4.78, 5) is 21.3. The van der Waals surface area contributed by atoms with Gasteiger partial charge in [0.1, 0.15) is 20.9 Å². The molecule has 0 bridgehead atoms. The fourth-order valence-electron chi connectivity index (χ4n) is 0.766. The first-order valence-corrected chi connectivity index (χ1v) is 8.22. The molecule has 0 aromatic heterocycles. The maximum absolute atomic E-state index is 10.9. The molecule has 0 rings (SSSR count). The molecule has 120 valence electrons. The molecule has 20 heavy (non-hydrogen) atoms. The van der Waals surface area contributed by atoms with E-state index < -0.39 is 0 Å². The van der Waals surface area contributed by atoms with E-state index in [-0.39, 0.29) is 32.8 Å². The van der Waals surface area contributed by atoms with E-state index >= 15 is 0 Å². The number of rotatable bonds is 2. The molecule has 6 heteroatoms. The summed E-state index contributed by atoms with van der Waals surface area (Å²) in [6.07, 6.45) is 0. The summed E-state index contributed by atoms with van der Waals surface area (Å²) in [7, 11) is 0. The van der Waals surface area contributed by atoms with Crippen LogP contribution in [0.3, 0.4) is 0 Å². The molecule has 2 atom stereocenters. The number of carbonyl (C=O) groups is 2. The minimum absolute atomic E-state index is 0.215. The molecule has 0 aliphatic rings. The summed E-state index contributed by atoms with van der Waals surface area (Å²) in [5.41, 5.74) is -0.752. The monoisotopic (exact) mass is 416 g/mol. The maximum atomic E-state index is 10.9. The highest BCUT2D eigenvalue weighted by molar-refractivity contribution is 9.10. The highest BCUT2D eigenvalue weighted by Gasteiger charge is 2.19. The van der Waals surface area contributed by atoms with Crippen molar-refractivity contribution in [2.75, 3.05) is 0 Å². The Morgan fingerprint density at radius 3 is 1.00 bits per heavy atom. The van der Waals surface area contributed by atoms with Crippen LogP contribution in [0.1, 0.15) is 55.4 Å². The predicted octanol–water partition coefficient (Wildman–Crippen LogP) is 4.22. The zero-order chi connectivity index (χ0) is 16.7. The molecule has 0 saturated heterocycles. The van der Waals surface area contributed by atoms with E-state index in [9.17, 15) is 9.59 Å². The van der Waals surface area contributed by atoms with Gasteiger partial charge < -0.3 is 9.47 Å². The SMILES string of the molecule is C[C@@H](Br)C(=O)OC(C)(C)C.C[C@H](Br)C(=O)OC(C)(C)C. The Morgan fingerprint density at radius 1 is 0.750 bits per heavy atom. The lowest BCUT2D eigenvalue weighted by atomic mass is 10.2. The summed E-state index contributed by atoms with van der Waals surface area (Å²) < 4.78 is 10.0. The molecule has 0 radical (unpaired) electrons. The maximum Gasteiger partial charge on any atom is 0.319 e. The van der Waals surface area contributed by atoms with Gasteiger partial charge in [-0.05, 0) is 55.4 Å². The van der Waals surface area contributed by atoms with Gasteiger partial charge in [-0.1, -0.05) is 31.9 Å². The van der Waals surface area contributed by atoms with Crippen LogP contribution in [0.15, 0.2) is 0 Å². The van der Waals surface area contributed by atoms with Crippen molar-refractivity contribution in [3.05, 3.63) is 0 Å². The molecule has 0 aromatic carbocycles. The average Bonchev–Trinajstić information content (AvgIpc) is 2.12. The molecular weight excluding hydrogens is 392 g/mol. The highest BCUT2D eigenvalue weighted by atomic mass is 79.9. The molecule has 0 N–H and O–H groups in total. The molecule has 0 aliphatic carbocycles. The van der Waals surface area contributed by atoms with Crippen molar-refractivity contribution in [3.63, 3.8) is 0 Å². The third kappa shape index (κ3) is 16.0. The van der Waals surface area contributed by atoms with Crippen molar-refractivity contribution < 1.29 is 19.1 Å². The smallest absolute Gasteiger partial charge is 0.319 e. The first-order valence-electron chi connectivity index (χ1n) is 6.39. The summed E-state index contributed by atoms with van der Waals surface area (Å²) in [6, 6.07) is 0. The van der Waals surface area contributed by atoms with E-state index in [4.69, 9.17) is 9.47 Å². The summed E-state index contributed by atoms with van der Waals surface area (Å²) >= 11 is 6.24. The van der Waals surface area contributed by atoms with Crippen molar-refractivity contribution >= 4 is 43.8 Å². The van der Waals surface area contributed by atoms with Crippen LogP contribution in [-0.4, -0.2) is 32.8 Å². The molecule has 0 saturated carbocycles. The molecular formula is C14H26Br2O4. The first kappa shape index (κ1) is 22.2. The topological polar surface area (TPSA) is 52.6 Å². The number of esters is 2. The fraction of sp³-hybridized carbons (Fsp3) is 0.857. The lowest BCUT2D eigenvalue weighted by Crippen LogP contribution is -2.27. The van der Waals surface area contributed by atoms with Crippen molar-refractivity contribution in [1.82, 2.24) is 0 Å². The quantitative estimate of drug-likeness (QED) is 0.498. The minimum Gasteiger partial charge on any atom is -0.459 e. The van der Waals surface area contributed by atoms with E-state index in [0.717, 1.165) is 0 Å². The summed E-state index contributed by atoms with van der Waals surface area (Å²) in [6.45, 7) is 14.6. The second-order valence-corrected chi connectivity index (χ2v) is 9.05. The first-order chi connectivity index (χ1) is 8.65. The van der Waals surface area contributed by atoms with Gasteiger partial charge in [-0.2, -0.15) is 0 Å². The second kappa shape index (κ2) is 9.03. The highest BCUT2D eigenvalue weighted by Crippen LogP contribution is 2.11. The van der Waals surface area contributed by atoms with E-state index in [0.29, 0.717) is 0 Å². The van der Waals surface area contributed by atoms with Crippen LogP contribution in [0.2, 0.25) is 0 Å². The van der Waals surface area contributed by atoms with Gasteiger partial charge in [0.2, 0.25) is 0 Å². The van der Waals surface area contributed by atoms with Gasteiger partial charge in [-0.3, -0.25) is 9.59 Å². The van der Waals surface area contributed by atoms with Crippen LogP contribution in [-0.2, 0) is 19.1 Å². The normalized spacial score (nSPS) is 14.5. The Labute approximate surface area is 139 Å². The lowest BCUT2D eigenvalue weighted by Gasteiger charge is -2.20. The van der Waals surface area contributed by atoms with Crippen LogP contribution in [0.4, 0.5) is 0 Å². The number of hydrogen-bond donors (Lipinski definition) is 0. The largest absolute Gasteiger partial charge is 0.459 e. The van der Waals surface area contributed by atoms with E-state index in [1.165, 1.54) is 0 Å². The third-order valence-corrected chi connectivity index (χ3v) is 2.21. The summed E-state index contributed by atoms with van der Waals surface area (Å²) in [5.74, 6) is -0.431. The Morgan fingerprint density at radius 2 is 0.950 bits per heavy atom. The molecule has 4 nitrogen and oxygen atoms in total. The van der Waals surface area contributed by atoms with Gasteiger partial charge in [0, 0.05) is 0 Å². The number of alkyl halides is 2. The standard InChI is InChI=1S/2C7H13BrO2/c2*1-5(8)6(9)10-7(2,3)4/h2*5H,1-4H3/t2*5-/m10/s1. The molecule has 0 heterocycles. The van der Waals surface area contributed by atoms with Gasteiger partial charge in [-0.15, -0.1) is 0 Å². The molecule has 0 fully saturated rings. The van der Waals surface area contributed by atoms with Crippen LogP contribution in [0.25, 0.3) is 0 Å². The number of ether oxygens (including phenoxy) is 2. The number of carbonyl (C=O) groups excluding carboxylic acids is 2. The van der Waals surface area contributed by atoms with E-state index in [1.807, 2.05) is 41.5 Å². The second-order valence-electron chi connectivity index (χ2n) is 6.30. The van der Waals surface area contributed by atoms with Crippen LogP contribution < -0.4 is 0 Å². The van der Waals surface area contributed by atoms with Crippen LogP contribution in [0, 0.1) is 0 Å².